The molecule has 1 aromatic rings. The van der Waals surface area contributed by atoms with Gasteiger partial charge in [-0.3, -0.25) is 4.79 Å². The van der Waals surface area contributed by atoms with Crippen LogP contribution in [0.25, 0.3) is 0 Å². The number of rotatable bonds is 9. The largest absolute Gasteiger partial charge is 0.489 e. The van der Waals surface area contributed by atoms with Crippen LogP contribution < -0.4 is 10.1 Å². The van der Waals surface area contributed by atoms with Crippen molar-refractivity contribution in [1.29, 1.82) is 0 Å². The third kappa shape index (κ3) is 6.54. The van der Waals surface area contributed by atoms with Crippen molar-refractivity contribution in [2.75, 3.05) is 46.3 Å². The van der Waals surface area contributed by atoms with E-state index in [1.807, 2.05) is 32.8 Å². The zero-order valence-electron chi connectivity index (χ0n) is 14.6. The summed E-state index contributed by atoms with van der Waals surface area (Å²) in [5.41, 5.74) is -0.175. The molecule has 0 bridgehead atoms. The fourth-order valence-corrected chi connectivity index (χ4v) is 1.80. The van der Waals surface area contributed by atoms with Crippen LogP contribution in [0.15, 0.2) is 18.2 Å². The summed E-state index contributed by atoms with van der Waals surface area (Å²) < 4.78 is 24.4. The molecule has 0 atom stereocenters. The van der Waals surface area contributed by atoms with E-state index < -0.39 is 11.2 Å². The van der Waals surface area contributed by atoms with E-state index in [4.69, 9.17) is 9.47 Å². The summed E-state index contributed by atoms with van der Waals surface area (Å²) in [6.07, 6.45) is 0.587. The number of hydrogen-bond acceptors (Lipinski definition) is 4. The number of nitrogens with zero attached hydrogens (tertiary/aromatic N) is 1. The van der Waals surface area contributed by atoms with Crippen LogP contribution in [0.3, 0.4) is 0 Å². The molecule has 23 heavy (non-hydrogen) atoms. The molecule has 1 rings (SSSR count). The van der Waals surface area contributed by atoms with Crippen LogP contribution in [0, 0.1) is 11.2 Å². The maximum Gasteiger partial charge on any atom is 0.230 e. The second-order valence-electron chi connectivity index (χ2n) is 6.38. The summed E-state index contributed by atoms with van der Waals surface area (Å²) in [7, 11) is 5.44. The van der Waals surface area contributed by atoms with Crippen molar-refractivity contribution < 1.29 is 18.7 Å². The Morgan fingerprint density at radius 1 is 1.30 bits per heavy atom. The molecule has 0 heterocycles. The van der Waals surface area contributed by atoms with E-state index in [1.165, 1.54) is 12.1 Å². The number of methoxy groups -OCH3 is 1. The molecule has 0 saturated heterocycles. The van der Waals surface area contributed by atoms with Crippen molar-refractivity contribution in [3.05, 3.63) is 24.0 Å². The zero-order valence-corrected chi connectivity index (χ0v) is 14.6. The summed E-state index contributed by atoms with van der Waals surface area (Å²) in [6, 6.07) is 4.44. The summed E-state index contributed by atoms with van der Waals surface area (Å²) in [5, 5.41) is 2.74. The van der Waals surface area contributed by atoms with Crippen LogP contribution in [0.4, 0.5) is 10.1 Å². The molecule has 1 aromatic carbocycles. The highest BCUT2D eigenvalue weighted by molar-refractivity contribution is 5.94. The van der Waals surface area contributed by atoms with E-state index >= 15 is 0 Å². The quantitative estimate of drug-likeness (QED) is 0.758. The average molecular weight is 326 g/mol. The first-order valence-electron chi connectivity index (χ1n) is 7.64. The summed E-state index contributed by atoms with van der Waals surface area (Å²) in [6.45, 7) is 5.26. The van der Waals surface area contributed by atoms with Gasteiger partial charge in [-0.1, -0.05) is 13.8 Å². The van der Waals surface area contributed by atoms with E-state index in [0.29, 0.717) is 31.9 Å². The molecule has 1 amide bonds. The molecule has 130 valence electrons. The van der Waals surface area contributed by atoms with Crippen molar-refractivity contribution in [2.45, 2.75) is 20.3 Å². The predicted molar refractivity (Wildman–Crippen MR) is 89.4 cm³/mol. The van der Waals surface area contributed by atoms with Crippen LogP contribution >= 0.6 is 0 Å². The van der Waals surface area contributed by atoms with Gasteiger partial charge in [-0.2, -0.15) is 0 Å². The summed E-state index contributed by atoms with van der Waals surface area (Å²) in [5.74, 6) is -0.477. The van der Waals surface area contributed by atoms with Gasteiger partial charge in [0.15, 0.2) is 11.6 Å². The number of halogens is 1. The summed E-state index contributed by atoms with van der Waals surface area (Å²) in [4.78, 5) is 14.2. The molecule has 0 radical (unpaired) electrons. The highest BCUT2D eigenvalue weighted by Crippen LogP contribution is 2.25. The maximum absolute atomic E-state index is 14.0. The number of hydrogen-bond donors (Lipinski definition) is 1. The second kappa shape index (κ2) is 8.84. The first-order chi connectivity index (χ1) is 10.8. The number of amides is 1. The lowest BCUT2D eigenvalue weighted by Crippen LogP contribution is -2.31. The number of ether oxygens (including phenoxy) is 2. The molecule has 0 saturated carbocycles. The Hall–Kier alpha value is -1.66. The first-order valence-corrected chi connectivity index (χ1v) is 7.64. The minimum Gasteiger partial charge on any atom is -0.489 e. The van der Waals surface area contributed by atoms with Crippen molar-refractivity contribution >= 4 is 11.6 Å². The van der Waals surface area contributed by atoms with Crippen LogP contribution in [-0.4, -0.2) is 51.8 Å². The normalized spacial score (nSPS) is 11.6. The number of anilines is 1. The third-order valence-electron chi connectivity index (χ3n) is 3.53. The number of nitrogens with one attached hydrogen (secondary N) is 1. The predicted octanol–water partition coefficient (Wildman–Crippen LogP) is 2.77. The molecule has 5 nitrogen and oxygen atoms in total. The highest BCUT2D eigenvalue weighted by atomic mass is 19.1. The van der Waals surface area contributed by atoms with Gasteiger partial charge in [-0.25, -0.2) is 4.39 Å². The Labute approximate surface area is 137 Å². The molecule has 1 N–H and O–H groups in total. The molecular formula is C17H27FN2O3. The van der Waals surface area contributed by atoms with Crippen molar-refractivity contribution in [1.82, 2.24) is 4.90 Å². The Morgan fingerprint density at radius 2 is 2.00 bits per heavy atom. The van der Waals surface area contributed by atoms with Gasteiger partial charge in [0.1, 0.15) is 6.61 Å². The Morgan fingerprint density at radius 3 is 2.57 bits per heavy atom. The Bertz CT molecular complexity index is 519. The fourth-order valence-electron chi connectivity index (χ4n) is 1.80. The lowest BCUT2D eigenvalue weighted by Gasteiger charge is -2.23. The number of carbonyl (C=O) groups is 1. The third-order valence-corrected chi connectivity index (χ3v) is 3.53. The monoisotopic (exact) mass is 326 g/mol. The van der Waals surface area contributed by atoms with Gasteiger partial charge in [0.2, 0.25) is 5.91 Å². The maximum atomic E-state index is 14.0. The molecule has 0 aliphatic heterocycles. The van der Waals surface area contributed by atoms with E-state index in [0.717, 1.165) is 0 Å². The fraction of sp³-hybridized carbons (Fsp3) is 0.588. The molecule has 0 aliphatic carbocycles. The van der Waals surface area contributed by atoms with Crippen LogP contribution in [0.2, 0.25) is 0 Å². The zero-order chi connectivity index (χ0) is 17.5. The topological polar surface area (TPSA) is 50.8 Å². The van der Waals surface area contributed by atoms with Gasteiger partial charge in [0, 0.05) is 37.4 Å². The Kier molecular flexibility index (Phi) is 7.45. The lowest BCUT2D eigenvalue weighted by atomic mass is 9.88. The van der Waals surface area contributed by atoms with Gasteiger partial charge in [-0.15, -0.1) is 0 Å². The highest BCUT2D eigenvalue weighted by Gasteiger charge is 2.27. The number of benzene rings is 1. The number of likely N-dealkylation sites (N-methyl/N-ethyl adjacent to an activating group) is 1. The molecule has 6 heteroatoms. The van der Waals surface area contributed by atoms with E-state index in [-0.39, 0.29) is 11.7 Å². The van der Waals surface area contributed by atoms with Crippen molar-refractivity contribution in [3.63, 3.8) is 0 Å². The molecular weight excluding hydrogens is 299 g/mol. The Balaban J connectivity index is 2.65. The van der Waals surface area contributed by atoms with Crippen LogP contribution in [-0.2, 0) is 9.53 Å². The lowest BCUT2D eigenvalue weighted by molar-refractivity contribution is -0.124. The minimum absolute atomic E-state index is 0.171. The smallest absolute Gasteiger partial charge is 0.230 e. The van der Waals surface area contributed by atoms with Crippen LogP contribution in [0.5, 0.6) is 5.75 Å². The number of carbonyl (C=O) groups excluding carboxylic acids is 1. The minimum atomic E-state index is -0.590. The molecule has 0 aliphatic rings. The van der Waals surface area contributed by atoms with E-state index in [2.05, 4.69) is 5.32 Å². The average Bonchev–Trinajstić information content (AvgIpc) is 2.47. The van der Waals surface area contributed by atoms with Crippen LogP contribution in [0.1, 0.15) is 20.3 Å². The molecule has 0 spiro atoms. The summed E-state index contributed by atoms with van der Waals surface area (Å²) >= 11 is 0. The molecule has 0 aromatic heterocycles. The van der Waals surface area contributed by atoms with E-state index in [9.17, 15) is 9.18 Å². The van der Waals surface area contributed by atoms with Gasteiger partial charge < -0.3 is 19.7 Å². The van der Waals surface area contributed by atoms with Gasteiger partial charge in [0.05, 0.1) is 0 Å². The second-order valence-corrected chi connectivity index (χ2v) is 6.38. The van der Waals surface area contributed by atoms with E-state index in [1.54, 1.807) is 13.2 Å². The first kappa shape index (κ1) is 19.4. The molecule has 0 fully saturated rings. The SMILES string of the molecule is COCCC(C)(C)C(=O)Nc1ccc(OCCN(C)C)c(F)c1. The van der Waals surface area contributed by atoms with Crippen molar-refractivity contribution in [3.8, 4) is 5.75 Å². The molecule has 0 unspecified atom stereocenters. The van der Waals surface area contributed by atoms with Gasteiger partial charge in [0.25, 0.3) is 0 Å². The van der Waals surface area contributed by atoms with Gasteiger partial charge in [-0.05, 0) is 32.6 Å². The van der Waals surface area contributed by atoms with Crippen molar-refractivity contribution in [2.24, 2.45) is 5.41 Å². The standard InChI is InChI=1S/C17H27FN2O3/c1-17(2,8-10-22-5)16(21)19-13-6-7-15(14(18)12-13)23-11-9-20(3)4/h6-7,12H,8-11H2,1-5H3,(H,19,21). The van der Waals surface area contributed by atoms with Gasteiger partial charge >= 0.3 is 0 Å².